The number of carbonyl (C=O) groups excluding carboxylic acids is 1. The normalized spacial score (nSPS) is 11.5. The molecule has 1 N–H and O–H groups in total. The maximum absolute atomic E-state index is 12.2. The molecule has 0 fully saturated rings. The maximum atomic E-state index is 12.2. The van der Waals surface area contributed by atoms with Crippen LogP contribution in [-0.4, -0.2) is 33.3 Å². The Hall–Kier alpha value is -2.67. The number of nitrogens with one attached hydrogen (secondary N) is 1. The molecule has 1 amide bonds. The molecule has 0 saturated heterocycles. The molecule has 0 heterocycles. The summed E-state index contributed by atoms with van der Waals surface area (Å²) in [6.07, 6.45) is 2.60. The van der Waals surface area contributed by atoms with Gasteiger partial charge >= 0.3 is 0 Å². The number of rotatable bonds is 6. The van der Waals surface area contributed by atoms with Gasteiger partial charge in [0.2, 0.25) is 10.0 Å². The monoisotopic (exact) mass is 373 g/mol. The number of sulfonamides is 1. The highest BCUT2D eigenvalue weighted by molar-refractivity contribution is 7.92. The molecule has 0 aromatic heterocycles. The fourth-order valence-electron chi connectivity index (χ4n) is 2.48. The lowest BCUT2D eigenvalue weighted by atomic mass is 10.1. The average molecular weight is 373 g/mol. The summed E-state index contributed by atoms with van der Waals surface area (Å²) in [5.74, 6) is -0.514. The Morgan fingerprint density at radius 1 is 1.15 bits per heavy atom. The van der Waals surface area contributed by atoms with Crippen LogP contribution < -0.4 is 9.73 Å². The number of amides is 1. The fourth-order valence-corrected chi connectivity index (χ4v) is 3.39. The maximum Gasteiger partial charge on any atom is 0.260 e. The van der Waals surface area contributed by atoms with Gasteiger partial charge in [-0.05, 0) is 43.5 Å². The Morgan fingerprint density at radius 2 is 1.85 bits per heavy atom. The minimum absolute atomic E-state index is 0.339. The molecular weight excluding hydrogens is 350 g/mol. The van der Waals surface area contributed by atoms with Crippen LogP contribution in [0.3, 0.4) is 0 Å². The molecule has 0 aliphatic rings. The van der Waals surface area contributed by atoms with Crippen molar-refractivity contribution < 1.29 is 13.2 Å². The second-order valence-corrected chi connectivity index (χ2v) is 8.10. The third kappa shape index (κ3) is 5.16. The highest BCUT2D eigenvalue weighted by Gasteiger charge is 2.22. The third-order valence-corrected chi connectivity index (χ3v) is 5.10. The van der Waals surface area contributed by atoms with Gasteiger partial charge < -0.3 is 0 Å². The molecule has 7 heteroatoms. The number of benzene rings is 2. The second-order valence-electron chi connectivity index (χ2n) is 6.20. The van der Waals surface area contributed by atoms with E-state index in [4.69, 9.17) is 0 Å². The summed E-state index contributed by atoms with van der Waals surface area (Å²) in [7, 11) is -3.61. The Balaban J connectivity index is 2.14. The Morgan fingerprint density at radius 3 is 2.50 bits per heavy atom. The predicted octanol–water partition coefficient (Wildman–Crippen LogP) is 2.53. The number of anilines is 1. The van der Waals surface area contributed by atoms with Gasteiger partial charge in [0, 0.05) is 0 Å². The van der Waals surface area contributed by atoms with E-state index in [0.29, 0.717) is 5.69 Å². The van der Waals surface area contributed by atoms with E-state index in [2.05, 4.69) is 10.5 Å². The first kappa shape index (κ1) is 19.7. The summed E-state index contributed by atoms with van der Waals surface area (Å²) < 4.78 is 25.4. The first-order valence-corrected chi connectivity index (χ1v) is 9.96. The molecule has 0 aliphatic carbocycles. The van der Waals surface area contributed by atoms with Crippen LogP contribution in [0.4, 0.5) is 5.69 Å². The molecule has 26 heavy (non-hydrogen) atoms. The van der Waals surface area contributed by atoms with Crippen molar-refractivity contribution >= 4 is 27.8 Å². The first-order chi connectivity index (χ1) is 12.2. The van der Waals surface area contributed by atoms with Crippen LogP contribution >= 0.6 is 0 Å². The zero-order chi connectivity index (χ0) is 19.3. The van der Waals surface area contributed by atoms with Gasteiger partial charge in [-0.3, -0.25) is 9.10 Å². The lowest BCUT2D eigenvalue weighted by molar-refractivity contribution is -0.119. The van der Waals surface area contributed by atoms with E-state index in [0.717, 1.165) is 32.8 Å². The average Bonchev–Trinajstić information content (AvgIpc) is 2.55. The molecule has 2 aromatic carbocycles. The molecule has 0 unspecified atom stereocenters. The highest BCUT2D eigenvalue weighted by Crippen LogP contribution is 2.24. The van der Waals surface area contributed by atoms with Crippen molar-refractivity contribution in [2.75, 3.05) is 17.1 Å². The minimum Gasteiger partial charge on any atom is -0.271 e. The van der Waals surface area contributed by atoms with Crippen molar-refractivity contribution in [2.45, 2.75) is 20.8 Å². The Kier molecular flexibility index (Phi) is 6.15. The van der Waals surface area contributed by atoms with Crippen molar-refractivity contribution in [1.29, 1.82) is 0 Å². The van der Waals surface area contributed by atoms with Crippen molar-refractivity contribution in [1.82, 2.24) is 5.43 Å². The zero-order valence-corrected chi connectivity index (χ0v) is 16.2. The summed E-state index contributed by atoms with van der Waals surface area (Å²) in [6, 6.07) is 13.0. The molecule has 0 bridgehead atoms. The van der Waals surface area contributed by atoms with E-state index in [9.17, 15) is 13.2 Å². The van der Waals surface area contributed by atoms with Crippen LogP contribution in [0, 0.1) is 20.8 Å². The number of aryl methyl sites for hydroxylation is 2. The highest BCUT2D eigenvalue weighted by atomic mass is 32.2. The number of hydrazone groups is 1. The SMILES string of the molecule is Cc1cccc(/C=N\NC(=O)CN(c2cccc(C)c2C)S(C)(=O)=O)c1. The number of hydrogen-bond donors (Lipinski definition) is 1. The van der Waals surface area contributed by atoms with Gasteiger partial charge in [0.25, 0.3) is 5.91 Å². The quantitative estimate of drug-likeness (QED) is 0.624. The molecule has 138 valence electrons. The summed E-state index contributed by atoms with van der Waals surface area (Å²) in [4.78, 5) is 12.2. The lowest BCUT2D eigenvalue weighted by Crippen LogP contribution is -2.39. The molecule has 0 aliphatic heterocycles. The number of carbonyl (C=O) groups is 1. The van der Waals surface area contributed by atoms with Gasteiger partial charge in [-0.1, -0.05) is 42.0 Å². The molecule has 0 saturated carbocycles. The molecule has 2 rings (SSSR count). The van der Waals surface area contributed by atoms with E-state index < -0.39 is 15.9 Å². The van der Waals surface area contributed by atoms with Gasteiger partial charge in [0.15, 0.2) is 0 Å². The molecular formula is C19H23N3O3S. The van der Waals surface area contributed by atoms with E-state index in [-0.39, 0.29) is 6.54 Å². The largest absolute Gasteiger partial charge is 0.271 e. The van der Waals surface area contributed by atoms with E-state index >= 15 is 0 Å². The molecule has 6 nitrogen and oxygen atoms in total. The van der Waals surface area contributed by atoms with Gasteiger partial charge in [-0.2, -0.15) is 5.10 Å². The van der Waals surface area contributed by atoms with Crippen LogP contribution in [0.5, 0.6) is 0 Å². The molecule has 0 atom stereocenters. The minimum atomic E-state index is -3.61. The van der Waals surface area contributed by atoms with E-state index in [1.807, 2.05) is 51.1 Å². The van der Waals surface area contributed by atoms with E-state index in [1.54, 1.807) is 12.1 Å². The number of nitrogens with zero attached hydrogens (tertiary/aromatic N) is 2. The molecule has 2 aromatic rings. The second kappa shape index (κ2) is 8.14. The third-order valence-electron chi connectivity index (χ3n) is 3.98. The standard InChI is InChI=1S/C19H23N3O3S/c1-14-7-5-9-17(11-14)12-20-21-19(23)13-22(26(4,24)25)18-10-6-8-15(2)16(18)3/h5-12H,13H2,1-4H3,(H,21,23)/b20-12-. The molecule has 0 radical (unpaired) electrons. The smallest absolute Gasteiger partial charge is 0.260 e. The van der Waals surface area contributed by atoms with Crippen molar-refractivity contribution in [2.24, 2.45) is 5.10 Å². The Labute approximate surface area is 154 Å². The van der Waals surface area contributed by atoms with Crippen LogP contribution in [0.25, 0.3) is 0 Å². The van der Waals surface area contributed by atoms with Gasteiger partial charge in [-0.25, -0.2) is 13.8 Å². The van der Waals surface area contributed by atoms with Crippen molar-refractivity contribution in [3.63, 3.8) is 0 Å². The number of hydrogen-bond acceptors (Lipinski definition) is 4. The summed E-state index contributed by atoms with van der Waals surface area (Å²) in [6.45, 7) is 5.35. The van der Waals surface area contributed by atoms with Crippen molar-refractivity contribution in [3.05, 3.63) is 64.7 Å². The predicted molar refractivity (Wildman–Crippen MR) is 105 cm³/mol. The van der Waals surface area contributed by atoms with Crippen LogP contribution in [-0.2, 0) is 14.8 Å². The summed E-state index contributed by atoms with van der Waals surface area (Å²) in [5.41, 5.74) is 6.57. The van der Waals surface area contributed by atoms with Crippen LogP contribution in [0.2, 0.25) is 0 Å². The topological polar surface area (TPSA) is 78.8 Å². The van der Waals surface area contributed by atoms with E-state index in [1.165, 1.54) is 6.21 Å². The Bertz CT molecular complexity index is 937. The first-order valence-electron chi connectivity index (χ1n) is 8.11. The van der Waals surface area contributed by atoms with Gasteiger partial charge in [-0.15, -0.1) is 0 Å². The van der Waals surface area contributed by atoms with Crippen LogP contribution in [0.15, 0.2) is 47.6 Å². The fraction of sp³-hybridized carbons (Fsp3) is 0.263. The zero-order valence-electron chi connectivity index (χ0n) is 15.4. The lowest BCUT2D eigenvalue weighted by Gasteiger charge is -2.23. The summed E-state index contributed by atoms with van der Waals surface area (Å²) in [5, 5.41) is 3.91. The van der Waals surface area contributed by atoms with Gasteiger partial charge in [0.1, 0.15) is 6.54 Å². The van der Waals surface area contributed by atoms with Crippen LogP contribution in [0.1, 0.15) is 22.3 Å². The van der Waals surface area contributed by atoms with Gasteiger partial charge in [0.05, 0.1) is 18.2 Å². The molecule has 0 spiro atoms. The van der Waals surface area contributed by atoms with Crippen molar-refractivity contribution in [3.8, 4) is 0 Å². The summed E-state index contributed by atoms with van der Waals surface area (Å²) >= 11 is 0.